The Morgan fingerprint density at radius 2 is 2.32 bits per heavy atom. The number of esters is 1. The molecule has 1 aromatic rings. The molecule has 0 aliphatic carbocycles. The van der Waals surface area contributed by atoms with Gasteiger partial charge < -0.3 is 4.74 Å². The highest BCUT2D eigenvalue weighted by Crippen LogP contribution is 2.26. The summed E-state index contributed by atoms with van der Waals surface area (Å²) in [4.78, 5) is 14.3. The third-order valence-corrected chi connectivity index (χ3v) is 6.34. The molecule has 1 heterocycles. The van der Waals surface area contributed by atoms with Crippen LogP contribution in [0.3, 0.4) is 0 Å². The fraction of sp³-hybridized carbons (Fsp3) is 0.533. The third-order valence-electron chi connectivity index (χ3n) is 3.65. The predicted octanol–water partition coefficient (Wildman–Crippen LogP) is 3.89. The van der Waals surface area contributed by atoms with Crippen molar-refractivity contribution in [3.05, 3.63) is 34.3 Å². The van der Waals surface area contributed by atoms with Gasteiger partial charge in [0.2, 0.25) is 0 Å². The molecule has 0 bridgehead atoms. The third kappa shape index (κ3) is 5.67. The summed E-state index contributed by atoms with van der Waals surface area (Å²) in [6.45, 7) is 6.03. The summed E-state index contributed by atoms with van der Waals surface area (Å²) in [7, 11) is 1.72. The number of halogens is 2. The maximum absolute atomic E-state index is 11.9. The molecule has 0 N–H and O–H groups in total. The van der Waals surface area contributed by atoms with E-state index in [0.29, 0.717) is 13.0 Å². The molecule has 0 aromatic heterocycles. The van der Waals surface area contributed by atoms with Gasteiger partial charge in [0.25, 0.3) is 0 Å². The van der Waals surface area contributed by atoms with E-state index in [1.54, 1.807) is 9.12 Å². The van der Waals surface area contributed by atoms with Gasteiger partial charge in [0, 0.05) is 57.9 Å². The Bertz CT molecular complexity index is 506. The van der Waals surface area contributed by atoms with E-state index in [2.05, 4.69) is 64.5 Å². The Morgan fingerprint density at radius 1 is 1.50 bits per heavy atom. The molecular formula is C15H20BrIN2O2S. The average molecular weight is 499 g/mol. The number of piperazine rings is 1. The minimum Gasteiger partial charge on any atom is -0.466 e. The molecule has 0 spiro atoms. The summed E-state index contributed by atoms with van der Waals surface area (Å²) in [6.07, 6.45) is 0.454. The summed E-state index contributed by atoms with van der Waals surface area (Å²) >= 11 is 5.82. The van der Waals surface area contributed by atoms with Crippen molar-refractivity contribution >= 4 is 52.2 Å². The van der Waals surface area contributed by atoms with E-state index < -0.39 is 0 Å². The normalized spacial score (nSPS) is 20.0. The summed E-state index contributed by atoms with van der Waals surface area (Å²) in [5, 5.41) is 0. The maximum Gasteiger partial charge on any atom is 0.307 e. The molecule has 1 saturated heterocycles. The van der Waals surface area contributed by atoms with Gasteiger partial charge in [0.1, 0.15) is 0 Å². The van der Waals surface area contributed by atoms with Gasteiger partial charge in [0.05, 0.1) is 13.0 Å². The van der Waals surface area contributed by atoms with E-state index in [-0.39, 0.29) is 12.0 Å². The van der Waals surface area contributed by atoms with E-state index in [1.807, 2.05) is 13.0 Å². The molecule has 0 amide bonds. The molecule has 7 heteroatoms. The van der Waals surface area contributed by atoms with Crippen LogP contribution in [0.15, 0.2) is 28.7 Å². The summed E-state index contributed by atoms with van der Waals surface area (Å²) in [6, 6.07) is 8.56. The Balaban J connectivity index is 2.03. The lowest BCUT2D eigenvalue weighted by molar-refractivity contribution is -0.145. The topological polar surface area (TPSA) is 32.8 Å². The SMILES string of the molecule is CCOC(=O)CC1CN(SI)CCN1Cc1cccc(Br)c1. The standard InChI is InChI=1S/C15H20BrIN2O2S/c1-2-21-15(20)9-14-11-19(22-17)7-6-18(14)10-12-4-3-5-13(16)8-12/h3-5,8,14H,2,6-7,9-11H2,1H3. The first-order valence-corrected chi connectivity index (χ1v) is 11.4. The van der Waals surface area contributed by atoms with Crippen molar-refractivity contribution in [1.29, 1.82) is 0 Å². The zero-order valence-electron chi connectivity index (χ0n) is 12.5. The highest BCUT2D eigenvalue weighted by Gasteiger charge is 2.29. The first kappa shape index (κ1) is 18.5. The number of benzene rings is 1. The van der Waals surface area contributed by atoms with E-state index in [4.69, 9.17) is 4.74 Å². The number of nitrogens with zero attached hydrogens (tertiary/aromatic N) is 2. The van der Waals surface area contributed by atoms with Gasteiger partial charge in [-0.1, -0.05) is 28.1 Å². The van der Waals surface area contributed by atoms with Gasteiger partial charge >= 0.3 is 5.97 Å². The minimum atomic E-state index is -0.105. The van der Waals surface area contributed by atoms with Crippen LogP contribution in [-0.2, 0) is 16.1 Å². The summed E-state index contributed by atoms with van der Waals surface area (Å²) < 4.78 is 8.53. The summed E-state index contributed by atoms with van der Waals surface area (Å²) in [5.74, 6) is -0.105. The quantitative estimate of drug-likeness (QED) is 0.337. The Morgan fingerprint density at radius 3 is 3.00 bits per heavy atom. The lowest BCUT2D eigenvalue weighted by Crippen LogP contribution is -2.51. The fourth-order valence-electron chi connectivity index (χ4n) is 2.61. The van der Waals surface area contributed by atoms with Crippen molar-refractivity contribution in [3.63, 3.8) is 0 Å². The van der Waals surface area contributed by atoms with Crippen LogP contribution < -0.4 is 0 Å². The van der Waals surface area contributed by atoms with Gasteiger partial charge in [0.15, 0.2) is 0 Å². The lowest BCUT2D eigenvalue weighted by Gasteiger charge is -2.39. The van der Waals surface area contributed by atoms with Gasteiger partial charge in [-0.05, 0) is 33.7 Å². The van der Waals surface area contributed by atoms with Crippen LogP contribution in [0.25, 0.3) is 0 Å². The van der Waals surface area contributed by atoms with E-state index in [9.17, 15) is 4.79 Å². The Labute approximate surface area is 156 Å². The molecule has 1 aliphatic heterocycles. The molecule has 0 radical (unpaired) electrons. The molecule has 1 aromatic carbocycles. The number of carbonyl (C=O) groups is 1. The monoisotopic (exact) mass is 498 g/mol. The second-order valence-corrected chi connectivity index (χ2v) is 7.97. The number of hydrogen-bond acceptors (Lipinski definition) is 5. The van der Waals surface area contributed by atoms with Crippen LogP contribution in [-0.4, -0.2) is 47.5 Å². The Kier molecular flexibility index (Phi) is 7.96. The van der Waals surface area contributed by atoms with Crippen molar-refractivity contribution in [2.75, 3.05) is 26.2 Å². The van der Waals surface area contributed by atoms with Gasteiger partial charge in [-0.2, -0.15) is 0 Å². The van der Waals surface area contributed by atoms with Gasteiger partial charge in [-0.25, -0.2) is 4.31 Å². The van der Waals surface area contributed by atoms with Crippen molar-refractivity contribution in [3.8, 4) is 0 Å². The molecule has 1 unspecified atom stereocenters. The minimum absolute atomic E-state index is 0.105. The first-order valence-electron chi connectivity index (χ1n) is 7.30. The van der Waals surface area contributed by atoms with Crippen LogP contribution in [0.4, 0.5) is 0 Å². The number of rotatable bonds is 6. The van der Waals surface area contributed by atoms with E-state index in [0.717, 1.165) is 30.7 Å². The van der Waals surface area contributed by atoms with Crippen molar-refractivity contribution < 1.29 is 9.53 Å². The maximum atomic E-state index is 11.9. The van der Waals surface area contributed by atoms with Crippen LogP contribution >= 0.6 is 46.3 Å². The number of ether oxygens (including phenoxy) is 1. The van der Waals surface area contributed by atoms with Gasteiger partial charge in [-0.15, -0.1) is 0 Å². The van der Waals surface area contributed by atoms with E-state index in [1.165, 1.54) is 5.56 Å². The average Bonchev–Trinajstić information content (AvgIpc) is 2.49. The Hall–Kier alpha value is 0.170. The smallest absolute Gasteiger partial charge is 0.307 e. The lowest BCUT2D eigenvalue weighted by atomic mass is 10.1. The first-order chi connectivity index (χ1) is 10.6. The molecule has 122 valence electrons. The van der Waals surface area contributed by atoms with Crippen LogP contribution in [0, 0.1) is 0 Å². The second kappa shape index (κ2) is 9.46. The number of carbonyl (C=O) groups excluding carboxylic acids is 1. The van der Waals surface area contributed by atoms with Crippen LogP contribution in [0.5, 0.6) is 0 Å². The highest BCUT2D eigenvalue weighted by atomic mass is 127. The van der Waals surface area contributed by atoms with Gasteiger partial charge in [-0.3, -0.25) is 9.69 Å². The molecule has 1 aliphatic rings. The zero-order chi connectivity index (χ0) is 15.9. The largest absolute Gasteiger partial charge is 0.466 e. The molecule has 1 atom stereocenters. The molecule has 22 heavy (non-hydrogen) atoms. The van der Waals surface area contributed by atoms with Crippen LogP contribution in [0.1, 0.15) is 18.9 Å². The van der Waals surface area contributed by atoms with E-state index >= 15 is 0 Å². The van der Waals surface area contributed by atoms with Crippen molar-refractivity contribution in [2.45, 2.75) is 25.9 Å². The molecular weight excluding hydrogens is 479 g/mol. The van der Waals surface area contributed by atoms with Crippen molar-refractivity contribution in [2.24, 2.45) is 0 Å². The second-order valence-electron chi connectivity index (χ2n) is 5.22. The zero-order valence-corrected chi connectivity index (χ0v) is 17.1. The molecule has 4 nitrogen and oxygen atoms in total. The fourth-order valence-corrected chi connectivity index (χ4v) is 4.51. The predicted molar refractivity (Wildman–Crippen MR) is 103 cm³/mol. The van der Waals surface area contributed by atoms with Crippen LogP contribution in [0.2, 0.25) is 0 Å². The number of hydrogen-bond donors (Lipinski definition) is 0. The summed E-state index contributed by atoms with van der Waals surface area (Å²) in [5.41, 5.74) is 1.26. The molecule has 0 saturated carbocycles. The van der Waals surface area contributed by atoms with Crippen molar-refractivity contribution in [1.82, 2.24) is 9.21 Å². The molecule has 2 rings (SSSR count). The highest BCUT2D eigenvalue weighted by molar-refractivity contribution is 14.2. The molecule has 1 fully saturated rings.